The van der Waals surface area contributed by atoms with Crippen molar-refractivity contribution in [3.8, 4) is 5.69 Å². The molecule has 0 fully saturated rings. The number of aromatic nitrogens is 3. The molecule has 6 heteroatoms. The second-order valence-corrected chi connectivity index (χ2v) is 6.38. The zero-order chi connectivity index (χ0) is 15.1. The summed E-state index contributed by atoms with van der Waals surface area (Å²) >= 11 is 9.38. The Bertz CT molecular complexity index is 829. The van der Waals surface area contributed by atoms with Crippen molar-refractivity contribution in [1.29, 1.82) is 0 Å². The van der Waals surface area contributed by atoms with E-state index >= 15 is 0 Å². The quantitative estimate of drug-likeness (QED) is 0.600. The van der Waals surface area contributed by atoms with Crippen molar-refractivity contribution in [2.75, 3.05) is 0 Å². The third kappa shape index (κ3) is 2.56. The molecule has 21 heavy (non-hydrogen) atoms. The number of hydrogen-bond donors (Lipinski definition) is 0. The number of imidazole rings is 1. The molecule has 0 amide bonds. The smallest absolute Gasteiger partial charge is 0.164 e. The number of alkyl halides is 1. The predicted octanol–water partition coefficient (Wildman–Crippen LogP) is 4.93. The largest absolute Gasteiger partial charge is 0.279 e. The number of hydrogen-bond acceptors (Lipinski definition) is 2. The third-order valence-corrected chi connectivity index (χ3v) is 4.02. The summed E-state index contributed by atoms with van der Waals surface area (Å²) < 4.78 is 16.0. The van der Waals surface area contributed by atoms with E-state index in [-0.39, 0.29) is 11.2 Å². The molecule has 3 nitrogen and oxygen atoms in total. The molecule has 1 unspecified atom stereocenters. The molecule has 0 saturated heterocycles. The molecule has 0 aliphatic heterocycles. The van der Waals surface area contributed by atoms with Gasteiger partial charge in [-0.15, -0.1) is 11.6 Å². The molecule has 3 aromatic rings. The van der Waals surface area contributed by atoms with E-state index < -0.39 is 0 Å². The molecule has 2 heterocycles. The number of nitrogens with zero attached hydrogens (tertiary/aromatic N) is 3. The molecular weight excluding hydrogens is 357 g/mol. The van der Waals surface area contributed by atoms with Gasteiger partial charge in [-0.2, -0.15) is 0 Å². The highest BCUT2D eigenvalue weighted by Gasteiger charge is 2.18. The van der Waals surface area contributed by atoms with Crippen molar-refractivity contribution in [1.82, 2.24) is 14.5 Å². The van der Waals surface area contributed by atoms with Gasteiger partial charge in [-0.3, -0.25) is 4.57 Å². The summed E-state index contributed by atoms with van der Waals surface area (Å²) in [6.45, 7) is 3.79. The minimum absolute atomic E-state index is 0.314. The number of pyridine rings is 1. The van der Waals surface area contributed by atoms with Gasteiger partial charge in [0.25, 0.3) is 0 Å². The fourth-order valence-electron chi connectivity index (χ4n) is 2.23. The van der Waals surface area contributed by atoms with Crippen molar-refractivity contribution in [3.63, 3.8) is 0 Å². The fourth-order valence-corrected chi connectivity index (χ4v) is 2.62. The third-order valence-electron chi connectivity index (χ3n) is 3.18. The van der Waals surface area contributed by atoms with Crippen LogP contribution in [0.4, 0.5) is 4.39 Å². The number of fused-ring (bicyclic) bond motifs is 1. The van der Waals surface area contributed by atoms with Gasteiger partial charge in [0.1, 0.15) is 17.2 Å². The van der Waals surface area contributed by atoms with Gasteiger partial charge in [0.05, 0.1) is 15.5 Å². The van der Waals surface area contributed by atoms with Crippen LogP contribution < -0.4 is 0 Å². The lowest BCUT2D eigenvalue weighted by molar-refractivity contribution is 0.619. The van der Waals surface area contributed by atoms with Gasteiger partial charge in [0.15, 0.2) is 5.65 Å². The van der Waals surface area contributed by atoms with E-state index in [4.69, 9.17) is 11.6 Å². The monoisotopic (exact) mass is 367 g/mol. The number of aryl methyl sites for hydroxylation is 1. The van der Waals surface area contributed by atoms with E-state index in [1.807, 2.05) is 19.9 Å². The molecule has 0 N–H and O–H groups in total. The summed E-state index contributed by atoms with van der Waals surface area (Å²) in [5, 5.41) is -0.314. The number of halogens is 3. The summed E-state index contributed by atoms with van der Waals surface area (Å²) in [5.74, 6) is 0.307. The molecule has 108 valence electrons. The zero-order valence-corrected chi connectivity index (χ0v) is 13.8. The van der Waals surface area contributed by atoms with E-state index in [1.165, 1.54) is 6.07 Å². The minimum atomic E-state index is -0.338. The maximum Gasteiger partial charge on any atom is 0.164 e. The molecule has 0 spiro atoms. The molecular formula is C15H12BrClFN3. The zero-order valence-electron chi connectivity index (χ0n) is 11.4. The second-order valence-electron chi connectivity index (χ2n) is 4.88. The molecule has 3 rings (SSSR count). The van der Waals surface area contributed by atoms with E-state index in [1.54, 1.807) is 22.9 Å². The van der Waals surface area contributed by atoms with Crippen LogP contribution in [0.5, 0.6) is 0 Å². The molecule has 0 aliphatic carbocycles. The minimum Gasteiger partial charge on any atom is -0.279 e. The number of rotatable bonds is 2. The first-order valence-electron chi connectivity index (χ1n) is 6.42. The SMILES string of the molecule is Cc1cnc2c(c1)nc(C(C)Cl)n2-c1ccc(Br)c(F)c1. The van der Waals surface area contributed by atoms with Gasteiger partial charge in [0.2, 0.25) is 0 Å². The second kappa shape index (κ2) is 5.39. The summed E-state index contributed by atoms with van der Waals surface area (Å²) in [4.78, 5) is 8.96. The van der Waals surface area contributed by atoms with Gasteiger partial charge in [-0.05, 0) is 59.6 Å². The number of benzene rings is 1. The highest BCUT2D eigenvalue weighted by molar-refractivity contribution is 9.10. The lowest BCUT2D eigenvalue weighted by Gasteiger charge is -2.10. The van der Waals surface area contributed by atoms with E-state index in [0.29, 0.717) is 21.6 Å². The van der Waals surface area contributed by atoms with Crippen molar-refractivity contribution < 1.29 is 4.39 Å². The van der Waals surface area contributed by atoms with Crippen LogP contribution in [0.15, 0.2) is 34.9 Å². The highest BCUT2D eigenvalue weighted by Crippen LogP contribution is 2.29. The first-order chi connectivity index (χ1) is 9.97. The summed E-state index contributed by atoms with van der Waals surface area (Å²) in [7, 11) is 0. The van der Waals surface area contributed by atoms with Gasteiger partial charge >= 0.3 is 0 Å². The molecule has 1 aromatic carbocycles. The average Bonchev–Trinajstić information content (AvgIpc) is 2.80. The van der Waals surface area contributed by atoms with Gasteiger partial charge in [0, 0.05) is 6.20 Å². The van der Waals surface area contributed by atoms with Crippen molar-refractivity contribution in [3.05, 3.63) is 52.1 Å². The lowest BCUT2D eigenvalue weighted by Crippen LogP contribution is -2.03. The Balaban J connectivity index is 2.33. The van der Waals surface area contributed by atoms with Crippen LogP contribution in [0, 0.1) is 12.7 Å². The Labute approximate surface area is 134 Å². The molecule has 0 bridgehead atoms. The summed E-state index contributed by atoms with van der Waals surface area (Å²) in [5.41, 5.74) is 3.09. The van der Waals surface area contributed by atoms with Crippen LogP contribution in [-0.2, 0) is 0 Å². The lowest BCUT2D eigenvalue weighted by atomic mass is 10.3. The van der Waals surface area contributed by atoms with Crippen LogP contribution in [0.3, 0.4) is 0 Å². The van der Waals surface area contributed by atoms with Crippen LogP contribution in [-0.4, -0.2) is 14.5 Å². The van der Waals surface area contributed by atoms with E-state index in [0.717, 1.165) is 11.1 Å². The Hall–Kier alpha value is -1.46. The molecule has 0 radical (unpaired) electrons. The normalized spacial score (nSPS) is 12.8. The van der Waals surface area contributed by atoms with Gasteiger partial charge < -0.3 is 0 Å². The van der Waals surface area contributed by atoms with Crippen LogP contribution in [0.1, 0.15) is 23.7 Å². The average molecular weight is 369 g/mol. The highest BCUT2D eigenvalue weighted by atomic mass is 79.9. The first-order valence-corrected chi connectivity index (χ1v) is 7.65. The first kappa shape index (κ1) is 14.5. The summed E-state index contributed by atoms with van der Waals surface area (Å²) in [6, 6.07) is 6.85. The Kier molecular flexibility index (Phi) is 3.71. The van der Waals surface area contributed by atoms with Crippen LogP contribution in [0.25, 0.3) is 16.9 Å². The molecule has 0 saturated carbocycles. The van der Waals surface area contributed by atoms with Crippen molar-refractivity contribution >= 4 is 38.7 Å². The predicted molar refractivity (Wildman–Crippen MR) is 85.5 cm³/mol. The molecule has 0 aliphatic rings. The van der Waals surface area contributed by atoms with Crippen LogP contribution >= 0.6 is 27.5 Å². The van der Waals surface area contributed by atoms with Crippen LogP contribution in [0.2, 0.25) is 0 Å². The Morgan fingerprint density at radius 2 is 2.10 bits per heavy atom. The van der Waals surface area contributed by atoms with Crippen molar-refractivity contribution in [2.24, 2.45) is 0 Å². The fraction of sp³-hybridized carbons (Fsp3) is 0.200. The Morgan fingerprint density at radius 3 is 2.76 bits per heavy atom. The van der Waals surface area contributed by atoms with Gasteiger partial charge in [-0.1, -0.05) is 0 Å². The van der Waals surface area contributed by atoms with Gasteiger partial charge in [-0.25, -0.2) is 14.4 Å². The standard InChI is InChI=1S/C15H12BrClFN3/c1-8-5-13-15(19-7-8)21(14(20-13)9(2)17)10-3-4-11(16)12(18)6-10/h3-7,9H,1-2H3. The maximum atomic E-state index is 13.8. The Morgan fingerprint density at radius 1 is 1.33 bits per heavy atom. The topological polar surface area (TPSA) is 30.7 Å². The summed E-state index contributed by atoms with van der Waals surface area (Å²) in [6.07, 6.45) is 1.76. The molecule has 1 atom stereocenters. The maximum absolute atomic E-state index is 13.8. The van der Waals surface area contributed by atoms with E-state index in [9.17, 15) is 4.39 Å². The van der Waals surface area contributed by atoms with Crippen molar-refractivity contribution in [2.45, 2.75) is 19.2 Å². The molecule has 2 aromatic heterocycles. The van der Waals surface area contributed by atoms with E-state index in [2.05, 4.69) is 25.9 Å².